The van der Waals surface area contributed by atoms with Crippen LogP contribution in [0.15, 0.2) is 24.3 Å². The summed E-state index contributed by atoms with van der Waals surface area (Å²) in [5.41, 5.74) is 1.05. The zero-order chi connectivity index (χ0) is 28.9. The summed E-state index contributed by atoms with van der Waals surface area (Å²) in [7, 11) is 0. The number of benzene rings is 1. The molecule has 0 fully saturated rings. The van der Waals surface area contributed by atoms with Crippen molar-refractivity contribution in [3.05, 3.63) is 35.4 Å². The van der Waals surface area contributed by atoms with E-state index in [0.29, 0.717) is 24.6 Å². The molecule has 216 valence electrons. The standard InChI is InChI=1S/C30H51N3O4S/c1-10-11-19-31-27(34)26(24-15-13-12-14-22(24)4)33(23(5)17-16-21(2)3)28(35)25(18-20-38-9)32-29(36)37-30(6,7)8/h12-15,21,23,25-26H,10-11,16-20H2,1-9H3,(H,31,34)(H,32,36). The van der Waals surface area contributed by atoms with E-state index in [9.17, 15) is 14.4 Å². The Balaban J connectivity index is 3.57. The Hall–Kier alpha value is -2.22. The molecule has 0 saturated heterocycles. The molecule has 1 aromatic rings. The molecule has 38 heavy (non-hydrogen) atoms. The molecule has 0 aliphatic carbocycles. The van der Waals surface area contributed by atoms with E-state index < -0.39 is 23.8 Å². The molecule has 3 amide bonds. The molecular formula is C30H51N3O4S. The van der Waals surface area contributed by atoms with Gasteiger partial charge in [0, 0.05) is 12.6 Å². The lowest BCUT2D eigenvalue weighted by Gasteiger charge is -2.39. The van der Waals surface area contributed by atoms with Crippen LogP contribution in [0.25, 0.3) is 0 Å². The summed E-state index contributed by atoms with van der Waals surface area (Å²) in [5, 5.41) is 5.89. The SMILES string of the molecule is CCCCNC(=O)C(c1ccccc1C)N(C(=O)C(CCSC)NC(=O)OC(C)(C)C)C(C)CCC(C)C. The Kier molecular flexibility index (Phi) is 14.8. The first-order chi connectivity index (χ1) is 17.8. The van der Waals surface area contributed by atoms with Crippen LogP contribution in [0.5, 0.6) is 0 Å². The van der Waals surface area contributed by atoms with E-state index in [1.54, 1.807) is 37.4 Å². The van der Waals surface area contributed by atoms with E-state index in [2.05, 4.69) is 31.4 Å². The number of hydrogen-bond donors (Lipinski definition) is 2. The molecule has 2 N–H and O–H groups in total. The maximum Gasteiger partial charge on any atom is 0.408 e. The summed E-state index contributed by atoms with van der Waals surface area (Å²) in [6.45, 7) is 16.3. The van der Waals surface area contributed by atoms with Crippen LogP contribution in [0.4, 0.5) is 4.79 Å². The largest absolute Gasteiger partial charge is 0.444 e. The monoisotopic (exact) mass is 549 g/mol. The van der Waals surface area contributed by atoms with E-state index in [4.69, 9.17) is 4.74 Å². The lowest BCUT2D eigenvalue weighted by atomic mass is 9.94. The van der Waals surface area contributed by atoms with Gasteiger partial charge < -0.3 is 20.3 Å². The van der Waals surface area contributed by atoms with Gasteiger partial charge in [0.05, 0.1) is 0 Å². The van der Waals surface area contributed by atoms with Crippen molar-refractivity contribution in [2.24, 2.45) is 5.92 Å². The number of hydrogen-bond acceptors (Lipinski definition) is 5. The minimum Gasteiger partial charge on any atom is -0.444 e. The van der Waals surface area contributed by atoms with Gasteiger partial charge in [-0.25, -0.2) is 4.79 Å². The molecule has 0 aromatic heterocycles. The fraction of sp³-hybridized carbons (Fsp3) is 0.700. The zero-order valence-electron chi connectivity index (χ0n) is 25.1. The molecule has 0 saturated carbocycles. The molecule has 0 radical (unpaired) electrons. The van der Waals surface area contributed by atoms with E-state index in [1.807, 2.05) is 44.4 Å². The van der Waals surface area contributed by atoms with Gasteiger partial charge in [0.2, 0.25) is 11.8 Å². The lowest BCUT2D eigenvalue weighted by Crippen LogP contribution is -2.56. The topological polar surface area (TPSA) is 87.7 Å². The van der Waals surface area contributed by atoms with Gasteiger partial charge >= 0.3 is 6.09 Å². The number of unbranched alkanes of at least 4 members (excludes halogenated alkanes) is 1. The first-order valence-corrected chi connectivity index (χ1v) is 15.4. The number of thioether (sulfide) groups is 1. The van der Waals surface area contributed by atoms with E-state index >= 15 is 0 Å². The quantitative estimate of drug-likeness (QED) is 0.252. The second kappa shape index (κ2) is 16.7. The van der Waals surface area contributed by atoms with Crippen molar-refractivity contribution < 1.29 is 19.1 Å². The van der Waals surface area contributed by atoms with Crippen molar-refractivity contribution in [1.82, 2.24) is 15.5 Å². The maximum atomic E-state index is 14.4. The number of amides is 3. The fourth-order valence-corrected chi connectivity index (χ4v) is 4.70. The minimum absolute atomic E-state index is 0.196. The van der Waals surface area contributed by atoms with Crippen molar-refractivity contribution in [3.63, 3.8) is 0 Å². The van der Waals surface area contributed by atoms with Gasteiger partial charge in [-0.1, -0.05) is 51.5 Å². The zero-order valence-corrected chi connectivity index (χ0v) is 25.9. The van der Waals surface area contributed by atoms with E-state index in [1.165, 1.54) is 0 Å². The smallest absolute Gasteiger partial charge is 0.408 e. The second-order valence-electron chi connectivity index (χ2n) is 11.4. The molecule has 3 unspecified atom stereocenters. The highest BCUT2D eigenvalue weighted by Crippen LogP contribution is 2.30. The molecule has 1 rings (SSSR count). The number of alkyl carbamates (subject to hydrolysis) is 1. The molecule has 1 aromatic carbocycles. The molecule has 0 spiro atoms. The molecule has 0 heterocycles. The first kappa shape index (κ1) is 33.8. The number of carbonyl (C=O) groups is 3. The van der Waals surface area contributed by atoms with Gasteiger partial charge in [0.1, 0.15) is 17.7 Å². The van der Waals surface area contributed by atoms with Crippen LogP contribution < -0.4 is 10.6 Å². The number of nitrogens with zero attached hydrogens (tertiary/aromatic N) is 1. The fourth-order valence-electron chi connectivity index (χ4n) is 4.23. The number of rotatable bonds is 15. The third-order valence-electron chi connectivity index (χ3n) is 6.33. The number of aryl methyl sites for hydroxylation is 1. The highest BCUT2D eigenvalue weighted by molar-refractivity contribution is 7.98. The van der Waals surface area contributed by atoms with Crippen molar-refractivity contribution in [2.45, 2.75) is 111 Å². The Morgan fingerprint density at radius 3 is 2.26 bits per heavy atom. The van der Waals surface area contributed by atoms with Crippen molar-refractivity contribution in [1.29, 1.82) is 0 Å². The molecule has 8 heteroatoms. The van der Waals surface area contributed by atoms with Crippen molar-refractivity contribution in [2.75, 3.05) is 18.6 Å². The van der Waals surface area contributed by atoms with Gasteiger partial charge in [-0.3, -0.25) is 9.59 Å². The van der Waals surface area contributed by atoms with Crippen LogP contribution in [-0.4, -0.2) is 59.0 Å². The van der Waals surface area contributed by atoms with Crippen molar-refractivity contribution >= 4 is 29.7 Å². The first-order valence-electron chi connectivity index (χ1n) is 14.0. The molecule has 3 atom stereocenters. The Morgan fingerprint density at radius 1 is 1.05 bits per heavy atom. The highest BCUT2D eigenvalue weighted by Gasteiger charge is 2.39. The highest BCUT2D eigenvalue weighted by atomic mass is 32.2. The Bertz CT molecular complexity index is 884. The van der Waals surface area contributed by atoms with Gasteiger partial charge in [-0.2, -0.15) is 11.8 Å². The molecule has 0 bridgehead atoms. The summed E-state index contributed by atoms with van der Waals surface area (Å²) in [5.74, 6) is 0.674. The summed E-state index contributed by atoms with van der Waals surface area (Å²) >= 11 is 1.61. The Morgan fingerprint density at radius 2 is 1.71 bits per heavy atom. The summed E-state index contributed by atoms with van der Waals surface area (Å²) in [4.78, 5) is 42.6. The molecule has 0 aliphatic heterocycles. The van der Waals surface area contributed by atoms with Gasteiger partial charge in [-0.05, 0) is 89.4 Å². The van der Waals surface area contributed by atoms with Crippen LogP contribution in [0.3, 0.4) is 0 Å². The second-order valence-corrected chi connectivity index (χ2v) is 12.4. The normalized spacial score (nSPS) is 13.9. The molecule has 0 aliphatic rings. The van der Waals surface area contributed by atoms with Crippen molar-refractivity contribution in [3.8, 4) is 0 Å². The number of nitrogens with one attached hydrogen (secondary N) is 2. The van der Waals surface area contributed by atoms with Gasteiger partial charge in [0.25, 0.3) is 0 Å². The van der Waals surface area contributed by atoms with Crippen LogP contribution >= 0.6 is 11.8 Å². The van der Waals surface area contributed by atoms with Crippen LogP contribution in [-0.2, 0) is 14.3 Å². The van der Waals surface area contributed by atoms with E-state index in [-0.39, 0.29) is 17.9 Å². The third-order valence-corrected chi connectivity index (χ3v) is 6.97. The predicted octanol–water partition coefficient (Wildman–Crippen LogP) is 6.25. The Labute approximate surface area is 235 Å². The van der Waals surface area contributed by atoms with Crippen LogP contribution in [0.1, 0.15) is 97.7 Å². The molecular weight excluding hydrogens is 498 g/mol. The summed E-state index contributed by atoms with van der Waals surface area (Å²) in [6.07, 6.45) is 5.25. The minimum atomic E-state index is -0.811. The summed E-state index contributed by atoms with van der Waals surface area (Å²) < 4.78 is 5.49. The van der Waals surface area contributed by atoms with Gasteiger partial charge in [0.15, 0.2) is 0 Å². The van der Waals surface area contributed by atoms with Crippen LogP contribution in [0, 0.1) is 12.8 Å². The molecule has 7 nitrogen and oxygen atoms in total. The van der Waals surface area contributed by atoms with Gasteiger partial charge in [-0.15, -0.1) is 0 Å². The maximum absolute atomic E-state index is 14.4. The number of carbonyl (C=O) groups excluding carboxylic acids is 3. The average molecular weight is 550 g/mol. The van der Waals surface area contributed by atoms with E-state index in [0.717, 1.165) is 36.8 Å². The van der Waals surface area contributed by atoms with Crippen LogP contribution in [0.2, 0.25) is 0 Å². The number of ether oxygens (including phenoxy) is 1. The lowest BCUT2D eigenvalue weighted by molar-refractivity contribution is -0.145. The predicted molar refractivity (Wildman–Crippen MR) is 158 cm³/mol. The third kappa shape index (κ3) is 11.7. The average Bonchev–Trinajstić information content (AvgIpc) is 2.82. The summed E-state index contributed by atoms with van der Waals surface area (Å²) in [6, 6.07) is 5.89.